The van der Waals surface area contributed by atoms with Gasteiger partial charge in [-0.2, -0.15) is 0 Å². The van der Waals surface area contributed by atoms with Gasteiger partial charge in [0.1, 0.15) is 0 Å². The lowest BCUT2D eigenvalue weighted by molar-refractivity contribution is 0.822. The number of fused-ring (bicyclic) bond motifs is 2. The van der Waals surface area contributed by atoms with Gasteiger partial charge in [0.25, 0.3) is 0 Å². The lowest BCUT2D eigenvalue weighted by Gasteiger charge is -2.19. The highest BCUT2D eigenvalue weighted by atomic mass is 14.9. The van der Waals surface area contributed by atoms with Crippen molar-refractivity contribution in [1.29, 1.82) is 0 Å². The minimum absolute atomic E-state index is 0.0666. The number of nitrogens with zero attached hydrogens (tertiary/aromatic N) is 2. The van der Waals surface area contributed by atoms with Gasteiger partial charge in [-0.05, 0) is 46.5 Å². The standard InChI is InChI=1S/C38H32N2/c1-27(33-25-13-21-29-15-9-11-23-35(29)33)39-37(31-17-5-3-6-18-31)38(32-19-7-4-8-20-32)40-28(2)34-26-14-22-30-16-10-12-24-36(30)34/h3-28H,1-2H3. The van der Waals surface area contributed by atoms with Gasteiger partial charge in [0.15, 0.2) is 0 Å². The smallest absolute Gasteiger partial charge is 0.0912 e. The van der Waals surface area contributed by atoms with E-state index in [1.54, 1.807) is 0 Å². The summed E-state index contributed by atoms with van der Waals surface area (Å²) in [6, 6.07) is 50.8. The highest BCUT2D eigenvalue weighted by Gasteiger charge is 2.19. The van der Waals surface area contributed by atoms with Crippen LogP contribution in [0.15, 0.2) is 156 Å². The van der Waals surface area contributed by atoms with E-state index >= 15 is 0 Å². The van der Waals surface area contributed by atoms with E-state index in [9.17, 15) is 0 Å². The Balaban J connectivity index is 1.54. The molecule has 2 atom stereocenters. The van der Waals surface area contributed by atoms with E-state index in [0.717, 1.165) is 22.6 Å². The quantitative estimate of drug-likeness (QED) is 0.189. The summed E-state index contributed by atoms with van der Waals surface area (Å²) in [7, 11) is 0. The molecular weight excluding hydrogens is 484 g/mol. The van der Waals surface area contributed by atoms with E-state index in [1.807, 2.05) is 12.1 Å². The van der Waals surface area contributed by atoms with Crippen LogP contribution in [0.2, 0.25) is 0 Å². The molecule has 194 valence electrons. The van der Waals surface area contributed by atoms with Crippen LogP contribution >= 0.6 is 0 Å². The molecule has 6 aromatic rings. The van der Waals surface area contributed by atoms with Crippen molar-refractivity contribution in [1.82, 2.24) is 0 Å². The minimum atomic E-state index is -0.0666. The maximum atomic E-state index is 5.44. The van der Waals surface area contributed by atoms with E-state index in [4.69, 9.17) is 9.98 Å². The minimum Gasteiger partial charge on any atom is -0.275 e. The molecule has 0 aliphatic carbocycles. The van der Waals surface area contributed by atoms with Crippen LogP contribution in [0.3, 0.4) is 0 Å². The van der Waals surface area contributed by atoms with Gasteiger partial charge in [0.2, 0.25) is 0 Å². The summed E-state index contributed by atoms with van der Waals surface area (Å²) in [5.74, 6) is 0. The van der Waals surface area contributed by atoms with Crippen molar-refractivity contribution in [3.63, 3.8) is 0 Å². The maximum Gasteiger partial charge on any atom is 0.0912 e. The first-order chi connectivity index (χ1) is 19.7. The molecule has 2 unspecified atom stereocenters. The lowest BCUT2D eigenvalue weighted by atomic mass is 9.96. The molecule has 0 aliphatic heterocycles. The molecule has 0 saturated heterocycles. The van der Waals surface area contributed by atoms with Gasteiger partial charge in [-0.25, -0.2) is 0 Å². The fourth-order valence-electron chi connectivity index (χ4n) is 5.49. The Morgan fingerprint density at radius 1 is 0.400 bits per heavy atom. The molecule has 0 aliphatic rings. The average molecular weight is 517 g/mol. The van der Waals surface area contributed by atoms with Gasteiger partial charge in [0, 0.05) is 11.1 Å². The molecule has 40 heavy (non-hydrogen) atoms. The SMILES string of the molecule is CC(N=C(C(=NC(C)c1cccc2ccccc12)c1ccccc1)c1ccccc1)c1cccc2ccccc12. The van der Waals surface area contributed by atoms with Crippen molar-refractivity contribution in [2.24, 2.45) is 9.98 Å². The second-order valence-corrected chi connectivity index (χ2v) is 10.2. The van der Waals surface area contributed by atoms with Crippen molar-refractivity contribution in [3.05, 3.63) is 168 Å². The second kappa shape index (κ2) is 11.5. The zero-order valence-electron chi connectivity index (χ0n) is 22.9. The van der Waals surface area contributed by atoms with Crippen LogP contribution < -0.4 is 0 Å². The van der Waals surface area contributed by atoms with Gasteiger partial charge in [-0.1, -0.05) is 146 Å². The van der Waals surface area contributed by atoms with Gasteiger partial charge in [-0.15, -0.1) is 0 Å². The van der Waals surface area contributed by atoms with E-state index in [1.165, 1.54) is 32.7 Å². The number of hydrogen-bond donors (Lipinski definition) is 0. The Labute approximate surface area is 236 Å². The van der Waals surface area contributed by atoms with Crippen LogP contribution in [0.4, 0.5) is 0 Å². The number of hydrogen-bond acceptors (Lipinski definition) is 2. The van der Waals surface area contributed by atoms with Crippen molar-refractivity contribution < 1.29 is 0 Å². The van der Waals surface area contributed by atoms with E-state index in [2.05, 4.69) is 147 Å². The second-order valence-electron chi connectivity index (χ2n) is 10.2. The Morgan fingerprint density at radius 2 is 0.750 bits per heavy atom. The molecule has 0 N–H and O–H groups in total. The first-order valence-electron chi connectivity index (χ1n) is 13.9. The summed E-state index contributed by atoms with van der Waals surface area (Å²) in [5.41, 5.74) is 6.34. The molecule has 6 rings (SSSR count). The van der Waals surface area contributed by atoms with E-state index in [0.29, 0.717) is 0 Å². The summed E-state index contributed by atoms with van der Waals surface area (Å²) < 4.78 is 0. The molecule has 0 spiro atoms. The topological polar surface area (TPSA) is 24.7 Å². The normalized spacial score (nSPS) is 13.8. The summed E-state index contributed by atoms with van der Waals surface area (Å²) >= 11 is 0. The van der Waals surface area contributed by atoms with Gasteiger partial charge >= 0.3 is 0 Å². The first-order valence-corrected chi connectivity index (χ1v) is 13.9. The molecule has 0 saturated carbocycles. The molecule has 6 aromatic carbocycles. The Bertz CT molecular complexity index is 1670. The molecule has 0 aromatic heterocycles. The Morgan fingerprint density at radius 3 is 1.18 bits per heavy atom. The highest BCUT2D eigenvalue weighted by Crippen LogP contribution is 2.30. The van der Waals surface area contributed by atoms with Crippen LogP contribution in [0.1, 0.15) is 48.2 Å². The fraction of sp³-hybridized carbons (Fsp3) is 0.105. The summed E-state index contributed by atoms with van der Waals surface area (Å²) in [5, 5.41) is 4.92. The number of aliphatic imine (C=N–C) groups is 2. The molecule has 2 nitrogen and oxygen atoms in total. The largest absolute Gasteiger partial charge is 0.275 e. The van der Waals surface area contributed by atoms with Gasteiger partial charge in [-0.3, -0.25) is 9.98 Å². The fourth-order valence-corrected chi connectivity index (χ4v) is 5.49. The van der Waals surface area contributed by atoms with Crippen LogP contribution in [0.5, 0.6) is 0 Å². The monoisotopic (exact) mass is 516 g/mol. The van der Waals surface area contributed by atoms with Crippen molar-refractivity contribution in [2.45, 2.75) is 25.9 Å². The molecule has 0 bridgehead atoms. The molecule has 0 radical (unpaired) electrons. The van der Waals surface area contributed by atoms with Gasteiger partial charge in [0.05, 0.1) is 23.5 Å². The van der Waals surface area contributed by atoms with Crippen LogP contribution in [-0.4, -0.2) is 11.4 Å². The molecule has 0 fully saturated rings. The first kappa shape index (κ1) is 25.5. The van der Waals surface area contributed by atoms with Crippen LogP contribution in [-0.2, 0) is 0 Å². The molecule has 0 amide bonds. The Kier molecular flexibility index (Phi) is 7.32. The van der Waals surface area contributed by atoms with Crippen molar-refractivity contribution in [2.75, 3.05) is 0 Å². The number of benzene rings is 6. The van der Waals surface area contributed by atoms with Crippen LogP contribution in [0.25, 0.3) is 21.5 Å². The third-order valence-electron chi connectivity index (χ3n) is 7.51. The van der Waals surface area contributed by atoms with Gasteiger partial charge < -0.3 is 0 Å². The molecule has 2 heteroatoms. The highest BCUT2D eigenvalue weighted by molar-refractivity contribution is 6.53. The van der Waals surface area contributed by atoms with Crippen molar-refractivity contribution >= 4 is 33.0 Å². The summed E-state index contributed by atoms with van der Waals surface area (Å²) in [6.45, 7) is 4.36. The van der Waals surface area contributed by atoms with E-state index < -0.39 is 0 Å². The predicted molar refractivity (Wildman–Crippen MR) is 171 cm³/mol. The summed E-state index contributed by atoms with van der Waals surface area (Å²) in [6.07, 6.45) is 0. The van der Waals surface area contributed by atoms with E-state index in [-0.39, 0.29) is 12.1 Å². The summed E-state index contributed by atoms with van der Waals surface area (Å²) in [4.78, 5) is 10.9. The maximum absolute atomic E-state index is 5.44. The molecule has 0 heterocycles. The Hall–Kier alpha value is -4.82. The zero-order valence-corrected chi connectivity index (χ0v) is 22.9. The third-order valence-corrected chi connectivity index (χ3v) is 7.51. The lowest BCUT2D eigenvalue weighted by Crippen LogP contribution is -2.19. The predicted octanol–water partition coefficient (Wildman–Crippen LogP) is 9.79. The van der Waals surface area contributed by atoms with Crippen molar-refractivity contribution in [3.8, 4) is 0 Å². The third kappa shape index (κ3) is 5.21. The average Bonchev–Trinajstić information content (AvgIpc) is 3.02. The van der Waals surface area contributed by atoms with Crippen LogP contribution in [0, 0.1) is 0 Å². The zero-order chi connectivity index (χ0) is 27.3. The molecular formula is C38H32N2. The number of rotatable bonds is 7.